The van der Waals surface area contributed by atoms with Crippen LogP contribution >= 0.6 is 0 Å². The topological polar surface area (TPSA) is 32.3 Å². The molecule has 0 radical (unpaired) electrons. The molecular formula is C25H36N2O. The fourth-order valence-corrected chi connectivity index (χ4v) is 6.93. The van der Waals surface area contributed by atoms with Gasteiger partial charge in [-0.2, -0.15) is 0 Å². The van der Waals surface area contributed by atoms with Gasteiger partial charge in [0.15, 0.2) is 0 Å². The van der Waals surface area contributed by atoms with E-state index in [0.717, 1.165) is 24.2 Å². The zero-order chi connectivity index (χ0) is 19.3. The molecule has 1 heterocycles. The highest BCUT2D eigenvalue weighted by atomic mass is 16.1. The highest BCUT2D eigenvalue weighted by Crippen LogP contribution is 2.52. The van der Waals surface area contributed by atoms with Crippen LogP contribution < -0.4 is 5.32 Å². The Balaban J connectivity index is 1.26. The fraction of sp³-hybridized carbons (Fsp3) is 0.720. The van der Waals surface area contributed by atoms with Crippen LogP contribution in [-0.4, -0.2) is 30.4 Å². The van der Waals surface area contributed by atoms with Crippen molar-refractivity contribution in [2.75, 3.05) is 19.6 Å². The summed E-state index contributed by atoms with van der Waals surface area (Å²) in [6, 6.07) is 9.11. The number of hydrogen-bond acceptors (Lipinski definition) is 2. The van der Waals surface area contributed by atoms with Crippen molar-refractivity contribution in [1.82, 2.24) is 10.2 Å². The van der Waals surface area contributed by atoms with Gasteiger partial charge in [-0.3, -0.25) is 4.79 Å². The molecule has 1 spiro atoms. The molecule has 0 unspecified atom stereocenters. The van der Waals surface area contributed by atoms with Gasteiger partial charge in [0.1, 0.15) is 0 Å². The number of benzene rings is 1. The first-order chi connectivity index (χ1) is 13.5. The maximum absolute atomic E-state index is 12.4. The second kappa shape index (κ2) is 7.16. The van der Waals surface area contributed by atoms with E-state index in [2.05, 4.69) is 34.5 Å². The van der Waals surface area contributed by atoms with Crippen molar-refractivity contribution in [2.24, 2.45) is 23.7 Å². The number of carbonyl (C=O) groups is 1. The molecule has 0 aromatic heterocycles. The summed E-state index contributed by atoms with van der Waals surface area (Å²) in [6.07, 6.45) is 9.61. The van der Waals surface area contributed by atoms with Gasteiger partial charge >= 0.3 is 0 Å². The van der Waals surface area contributed by atoms with E-state index in [1.54, 1.807) is 0 Å². The third-order valence-electron chi connectivity index (χ3n) is 8.53. The lowest BCUT2D eigenvalue weighted by Gasteiger charge is -2.42. The zero-order valence-corrected chi connectivity index (χ0v) is 17.6. The third-order valence-corrected chi connectivity index (χ3v) is 8.53. The van der Waals surface area contributed by atoms with Crippen LogP contribution in [0.25, 0.3) is 0 Å². The van der Waals surface area contributed by atoms with Crippen molar-refractivity contribution < 1.29 is 4.79 Å². The van der Waals surface area contributed by atoms with Crippen molar-refractivity contribution >= 4 is 5.91 Å². The molecule has 3 heteroatoms. The first kappa shape index (κ1) is 18.7. The van der Waals surface area contributed by atoms with Crippen molar-refractivity contribution in [3.05, 3.63) is 35.4 Å². The molecule has 1 aliphatic heterocycles. The fourth-order valence-electron chi connectivity index (χ4n) is 6.93. The quantitative estimate of drug-likeness (QED) is 0.823. The van der Waals surface area contributed by atoms with E-state index >= 15 is 0 Å². The molecule has 1 aromatic carbocycles. The van der Waals surface area contributed by atoms with Gasteiger partial charge in [0, 0.05) is 17.9 Å². The molecule has 2 bridgehead atoms. The summed E-state index contributed by atoms with van der Waals surface area (Å²) >= 11 is 0. The number of nitrogens with zero attached hydrogens (tertiary/aromatic N) is 1. The minimum absolute atomic E-state index is 0.0484. The van der Waals surface area contributed by atoms with E-state index in [1.807, 2.05) is 13.8 Å². The van der Waals surface area contributed by atoms with Gasteiger partial charge in [-0.25, -0.2) is 0 Å². The molecule has 4 aliphatic rings. The van der Waals surface area contributed by atoms with Crippen LogP contribution in [0.4, 0.5) is 0 Å². The predicted octanol–water partition coefficient (Wildman–Crippen LogP) is 4.67. The highest BCUT2D eigenvalue weighted by Gasteiger charge is 2.47. The zero-order valence-electron chi connectivity index (χ0n) is 17.6. The van der Waals surface area contributed by atoms with Crippen molar-refractivity contribution in [2.45, 2.75) is 70.3 Å². The van der Waals surface area contributed by atoms with Gasteiger partial charge in [-0.1, -0.05) is 44.5 Å². The summed E-state index contributed by atoms with van der Waals surface area (Å²) in [5, 5.41) is 3.34. The number of fused-ring (bicyclic) bond motifs is 4. The van der Waals surface area contributed by atoms with E-state index in [9.17, 15) is 4.79 Å². The number of nitrogens with one attached hydrogen (secondary N) is 1. The molecule has 2 saturated carbocycles. The molecule has 3 nitrogen and oxygen atoms in total. The molecular weight excluding hydrogens is 344 g/mol. The first-order valence-corrected chi connectivity index (χ1v) is 11.7. The van der Waals surface area contributed by atoms with Gasteiger partial charge in [-0.15, -0.1) is 0 Å². The molecule has 1 amide bonds. The van der Waals surface area contributed by atoms with Crippen molar-refractivity contribution in [3.8, 4) is 0 Å². The second-order valence-electron chi connectivity index (χ2n) is 10.5. The molecule has 1 aromatic rings. The van der Waals surface area contributed by atoms with Crippen LogP contribution in [0.15, 0.2) is 24.3 Å². The summed E-state index contributed by atoms with van der Waals surface area (Å²) in [5.74, 6) is 3.29. The molecule has 5 rings (SSSR count). The Hall–Kier alpha value is -1.35. The average Bonchev–Trinajstić information content (AvgIpc) is 3.39. The Morgan fingerprint density at radius 3 is 2.64 bits per heavy atom. The summed E-state index contributed by atoms with van der Waals surface area (Å²) in [6.45, 7) is 7.77. The van der Waals surface area contributed by atoms with Crippen molar-refractivity contribution in [3.63, 3.8) is 0 Å². The standard InChI is InChI=1S/C25H36N2O/c1-17(2)24(28)26-23-15-25(22-6-4-3-5-21(22)23)9-11-27(12-10-25)16-20-14-18-7-8-19(20)13-18/h3-6,17-20,23H,7-16H2,1-2H3,(H,26,28)/t18-,19-,20+,23+/m0/s1. The molecule has 1 N–H and O–H groups in total. The summed E-state index contributed by atoms with van der Waals surface area (Å²) in [5.41, 5.74) is 3.16. The van der Waals surface area contributed by atoms with Gasteiger partial charge in [0.25, 0.3) is 0 Å². The predicted molar refractivity (Wildman–Crippen MR) is 113 cm³/mol. The lowest BCUT2D eigenvalue weighted by molar-refractivity contribution is -0.124. The van der Waals surface area contributed by atoms with E-state index < -0.39 is 0 Å². The number of carbonyl (C=O) groups excluding carboxylic acids is 1. The van der Waals surface area contributed by atoms with Crippen LogP contribution in [-0.2, 0) is 10.2 Å². The number of hydrogen-bond donors (Lipinski definition) is 1. The maximum atomic E-state index is 12.4. The Labute approximate surface area is 170 Å². The van der Waals surface area contributed by atoms with Crippen LogP contribution in [0.1, 0.15) is 76.0 Å². The van der Waals surface area contributed by atoms with Gasteiger partial charge < -0.3 is 10.2 Å². The Morgan fingerprint density at radius 2 is 1.96 bits per heavy atom. The minimum Gasteiger partial charge on any atom is -0.349 e. The monoisotopic (exact) mass is 380 g/mol. The van der Waals surface area contributed by atoms with Gasteiger partial charge in [0.05, 0.1) is 6.04 Å². The number of rotatable bonds is 4. The Kier molecular flexibility index (Phi) is 4.77. The number of amides is 1. The second-order valence-corrected chi connectivity index (χ2v) is 10.5. The summed E-state index contributed by atoms with van der Waals surface area (Å²) in [4.78, 5) is 15.1. The van der Waals surface area contributed by atoms with E-state index in [0.29, 0.717) is 0 Å². The van der Waals surface area contributed by atoms with Gasteiger partial charge in [0.2, 0.25) is 5.91 Å². The SMILES string of the molecule is CC(C)C(=O)N[C@@H]1CC2(CCN(C[C@H]3C[C@H]4CC[C@H]3C4)CC2)c2ccccc21. The Bertz CT molecular complexity index is 734. The van der Waals surface area contributed by atoms with Crippen LogP contribution in [0, 0.1) is 23.7 Å². The molecule has 4 atom stereocenters. The van der Waals surface area contributed by atoms with Crippen LogP contribution in [0.3, 0.4) is 0 Å². The van der Waals surface area contributed by atoms with E-state index in [4.69, 9.17) is 0 Å². The van der Waals surface area contributed by atoms with Crippen molar-refractivity contribution in [1.29, 1.82) is 0 Å². The van der Waals surface area contributed by atoms with Crippen LogP contribution in [0.5, 0.6) is 0 Å². The average molecular weight is 381 g/mol. The molecule has 28 heavy (non-hydrogen) atoms. The summed E-state index contributed by atoms with van der Waals surface area (Å²) in [7, 11) is 0. The third kappa shape index (κ3) is 3.20. The highest BCUT2D eigenvalue weighted by molar-refractivity contribution is 5.78. The lowest BCUT2D eigenvalue weighted by atomic mass is 9.73. The minimum atomic E-state index is 0.0484. The van der Waals surface area contributed by atoms with Gasteiger partial charge in [-0.05, 0) is 80.5 Å². The maximum Gasteiger partial charge on any atom is 0.223 e. The molecule has 152 valence electrons. The summed E-state index contributed by atoms with van der Waals surface area (Å²) < 4.78 is 0. The lowest BCUT2D eigenvalue weighted by Crippen LogP contribution is -2.44. The molecule has 1 saturated heterocycles. The number of piperidine rings is 1. The van der Waals surface area contributed by atoms with E-state index in [-0.39, 0.29) is 23.3 Å². The normalized spacial score (nSPS) is 33.5. The largest absolute Gasteiger partial charge is 0.349 e. The number of likely N-dealkylation sites (tertiary alicyclic amines) is 1. The first-order valence-electron chi connectivity index (χ1n) is 11.7. The van der Waals surface area contributed by atoms with Crippen LogP contribution in [0.2, 0.25) is 0 Å². The molecule has 3 fully saturated rings. The van der Waals surface area contributed by atoms with E-state index in [1.165, 1.54) is 69.3 Å². The molecule has 3 aliphatic carbocycles. The smallest absolute Gasteiger partial charge is 0.223 e. The Morgan fingerprint density at radius 1 is 1.18 bits per heavy atom.